The molecule has 2 aromatic heterocycles. The zero-order valence-corrected chi connectivity index (χ0v) is 12.5. The van der Waals surface area contributed by atoms with Crippen molar-refractivity contribution in [2.24, 2.45) is 0 Å². The lowest BCUT2D eigenvalue weighted by atomic mass is 10.4. The minimum absolute atomic E-state index is 0.136. The van der Waals surface area contributed by atoms with Crippen LogP contribution in [0, 0.1) is 6.92 Å². The molecule has 102 valence electrons. The molecule has 0 aromatic carbocycles. The van der Waals surface area contributed by atoms with Gasteiger partial charge in [0.15, 0.2) is 5.16 Å². The van der Waals surface area contributed by atoms with Crippen molar-refractivity contribution in [3.05, 3.63) is 21.3 Å². The van der Waals surface area contributed by atoms with Crippen molar-refractivity contribution < 1.29 is 9.53 Å². The van der Waals surface area contributed by atoms with Gasteiger partial charge in [0.25, 0.3) is 5.56 Å². The molecule has 2 aromatic rings. The van der Waals surface area contributed by atoms with Crippen molar-refractivity contribution >= 4 is 39.3 Å². The summed E-state index contributed by atoms with van der Waals surface area (Å²) in [4.78, 5) is 32.0. The van der Waals surface area contributed by atoms with Crippen LogP contribution in [-0.4, -0.2) is 27.8 Å². The molecule has 0 amide bonds. The molecule has 0 saturated heterocycles. The van der Waals surface area contributed by atoms with Gasteiger partial charge in [-0.25, -0.2) is 4.98 Å². The normalized spacial score (nSPS) is 11.2. The number of aromatic nitrogens is 2. The molecule has 0 aliphatic carbocycles. The predicted octanol–water partition coefficient (Wildman–Crippen LogP) is 2.34. The topological polar surface area (TPSA) is 72.0 Å². The Balaban J connectivity index is 2.13. The zero-order chi connectivity index (χ0) is 14.0. The van der Waals surface area contributed by atoms with Gasteiger partial charge in [-0.1, -0.05) is 11.8 Å². The molecule has 0 bridgehead atoms. The number of thioether (sulfide) groups is 1. The highest BCUT2D eigenvalue weighted by atomic mass is 32.2. The predicted molar refractivity (Wildman–Crippen MR) is 76.9 cm³/mol. The Bertz CT molecular complexity index is 661. The van der Waals surface area contributed by atoms with Gasteiger partial charge in [-0.3, -0.25) is 9.59 Å². The number of nitrogens with one attached hydrogen (secondary N) is 1. The second kappa shape index (κ2) is 5.75. The zero-order valence-electron chi connectivity index (χ0n) is 10.9. The van der Waals surface area contributed by atoms with Gasteiger partial charge in [-0.2, -0.15) is 0 Å². The third-order valence-electron chi connectivity index (χ3n) is 2.20. The summed E-state index contributed by atoms with van der Waals surface area (Å²) in [7, 11) is 0. The fourth-order valence-electron chi connectivity index (χ4n) is 1.52. The number of carbonyl (C=O) groups excluding carboxylic acids is 1. The van der Waals surface area contributed by atoms with Gasteiger partial charge in [0, 0.05) is 4.88 Å². The van der Waals surface area contributed by atoms with E-state index in [1.54, 1.807) is 13.8 Å². The quantitative estimate of drug-likeness (QED) is 0.533. The minimum Gasteiger partial charge on any atom is -0.462 e. The van der Waals surface area contributed by atoms with E-state index in [1.807, 2.05) is 13.0 Å². The first kappa shape index (κ1) is 14.1. The molecule has 2 heterocycles. The molecule has 5 nitrogen and oxygen atoms in total. The van der Waals surface area contributed by atoms with Gasteiger partial charge in [0.05, 0.1) is 17.2 Å². The van der Waals surface area contributed by atoms with Crippen molar-refractivity contribution in [3.8, 4) is 0 Å². The number of aromatic amines is 1. The molecule has 0 aliphatic heterocycles. The number of rotatable bonds is 4. The molecular weight excluding hydrogens is 284 g/mol. The highest BCUT2D eigenvalue weighted by molar-refractivity contribution is 7.99. The average Bonchev–Trinajstić information content (AvgIpc) is 2.67. The number of hydrogen-bond acceptors (Lipinski definition) is 6. The maximum Gasteiger partial charge on any atom is 0.316 e. The SMILES string of the molecule is Cc1cc2c(=O)[nH]c(SCC(=O)OC(C)C)nc2s1. The number of esters is 1. The first-order valence-electron chi connectivity index (χ1n) is 5.78. The summed E-state index contributed by atoms with van der Waals surface area (Å²) >= 11 is 2.64. The molecule has 0 fully saturated rings. The lowest BCUT2D eigenvalue weighted by molar-refractivity contribution is -0.144. The highest BCUT2D eigenvalue weighted by Crippen LogP contribution is 2.22. The van der Waals surface area contributed by atoms with Crippen LogP contribution in [0.15, 0.2) is 16.0 Å². The Morgan fingerprint density at radius 1 is 1.58 bits per heavy atom. The van der Waals surface area contributed by atoms with Crippen LogP contribution in [0.1, 0.15) is 18.7 Å². The second-order valence-electron chi connectivity index (χ2n) is 4.27. The van der Waals surface area contributed by atoms with Crippen LogP contribution in [0.5, 0.6) is 0 Å². The third-order valence-corrected chi connectivity index (χ3v) is 3.99. The summed E-state index contributed by atoms with van der Waals surface area (Å²) in [5, 5.41) is 1.04. The molecular formula is C12H14N2O3S2. The Kier molecular flexibility index (Phi) is 4.26. The minimum atomic E-state index is -0.315. The van der Waals surface area contributed by atoms with Crippen LogP contribution >= 0.6 is 23.1 Å². The van der Waals surface area contributed by atoms with Crippen molar-refractivity contribution in [2.75, 3.05) is 5.75 Å². The average molecular weight is 298 g/mol. The van der Waals surface area contributed by atoms with Crippen LogP contribution in [0.25, 0.3) is 10.2 Å². The maximum absolute atomic E-state index is 11.8. The van der Waals surface area contributed by atoms with E-state index in [0.29, 0.717) is 15.4 Å². The van der Waals surface area contributed by atoms with E-state index in [1.165, 1.54) is 23.1 Å². The second-order valence-corrected chi connectivity index (χ2v) is 6.47. The van der Waals surface area contributed by atoms with E-state index in [2.05, 4.69) is 9.97 Å². The van der Waals surface area contributed by atoms with Crippen LogP contribution in [0.2, 0.25) is 0 Å². The molecule has 19 heavy (non-hydrogen) atoms. The third kappa shape index (κ3) is 3.57. The van der Waals surface area contributed by atoms with Gasteiger partial charge >= 0.3 is 5.97 Å². The van der Waals surface area contributed by atoms with Crippen LogP contribution in [0.4, 0.5) is 0 Å². The summed E-state index contributed by atoms with van der Waals surface area (Å²) < 4.78 is 5.02. The van der Waals surface area contributed by atoms with Crippen molar-refractivity contribution in [2.45, 2.75) is 32.0 Å². The van der Waals surface area contributed by atoms with Gasteiger partial charge in [0.2, 0.25) is 0 Å². The van der Waals surface area contributed by atoms with Crippen molar-refractivity contribution in [1.29, 1.82) is 0 Å². The van der Waals surface area contributed by atoms with Crippen molar-refractivity contribution in [1.82, 2.24) is 9.97 Å². The summed E-state index contributed by atoms with van der Waals surface area (Å²) in [5.74, 6) is -0.179. The molecule has 2 rings (SSSR count). The lowest BCUT2D eigenvalue weighted by Gasteiger charge is -2.06. The van der Waals surface area contributed by atoms with Crippen LogP contribution in [-0.2, 0) is 9.53 Å². The molecule has 0 unspecified atom stereocenters. The first-order chi connectivity index (χ1) is 8.95. The molecule has 0 atom stereocenters. The van der Waals surface area contributed by atoms with E-state index in [0.717, 1.165) is 4.88 Å². The fourth-order valence-corrected chi connectivity index (χ4v) is 3.11. The fraction of sp³-hybridized carbons (Fsp3) is 0.417. The van der Waals surface area contributed by atoms with E-state index in [4.69, 9.17) is 4.74 Å². The molecule has 7 heteroatoms. The van der Waals surface area contributed by atoms with Crippen LogP contribution < -0.4 is 5.56 Å². The monoisotopic (exact) mass is 298 g/mol. The standard InChI is InChI=1S/C12H14N2O3S2/c1-6(2)17-9(15)5-18-12-13-10(16)8-4-7(3)19-11(8)14-12/h4,6H,5H2,1-3H3,(H,13,14,16). The molecule has 0 spiro atoms. The molecule has 0 aliphatic rings. The largest absolute Gasteiger partial charge is 0.462 e. The Labute approximate surface area is 118 Å². The molecule has 0 saturated carbocycles. The Morgan fingerprint density at radius 3 is 3.00 bits per heavy atom. The summed E-state index contributed by atoms with van der Waals surface area (Å²) in [6.45, 7) is 5.52. The number of ether oxygens (including phenoxy) is 1. The summed E-state index contributed by atoms with van der Waals surface area (Å²) in [6.07, 6.45) is -0.137. The lowest BCUT2D eigenvalue weighted by Crippen LogP contribution is -2.14. The van der Waals surface area contributed by atoms with Gasteiger partial charge in [-0.05, 0) is 26.8 Å². The highest BCUT2D eigenvalue weighted by Gasteiger charge is 2.10. The number of hydrogen-bond donors (Lipinski definition) is 1. The van der Waals surface area contributed by atoms with E-state index >= 15 is 0 Å². The number of nitrogens with zero attached hydrogens (tertiary/aromatic N) is 1. The number of thiophene rings is 1. The summed E-state index contributed by atoms with van der Waals surface area (Å²) in [6, 6.07) is 1.81. The van der Waals surface area contributed by atoms with E-state index in [-0.39, 0.29) is 23.4 Å². The van der Waals surface area contributed by atoms with Gasteiger partial charge in [0.1, 0.15) is 4.83 Å². The van der Waals surface area contributed by atoms with Crippen LogP contribution in [0.3, 0.4) is 0 Å². The molecule has 1 N–H and O–H groups in total. The smallest absolute Gasteiger partial charge is 0.316 e. The number of fused-ring (bicyclic) bond motifs is 1. The molecule has 0 radical (unpaired) electrons. The Hall–Kier alpha value is -1.34. The number of carbonyl (C=O) groups is 1. The maximum atomic E-state index is 11.8. The first-order valence-corrected chi connectivity index (χ1v) is 7.58. The number of aryl methyl sites for hydroxylation is 1. The number of H-pyrrole nitrogens is 1. The van der Waals surface area contributed by atoms with E-state index < -0.39 is 0 Å². The summed E-state index contributed by atoms with van der Waals surface area (Å²) in [5.41, 5.74) is -0.172. The van der Waals surface area contributed by atoms with E-state index in [9.17, 15) is 9.59 Å². The Morgan fingerprint density at radius 2 is 2.32 bits per heavy atom. The van der Waals surface area contributed by atoms with Gasteiger partial charge in [-0.15, -0.1) is 11.3 Å². The van der Waals surface area contributed by atoms with Gasteiger partial charge < -0.3 is 9.72 Å². The van der Waals surface area contributed by atoms with Crippen molar-refractivity contribution in [3.63, 3.8) is 0 Å².